The molecule has 0 spiro atoms. The minimum absolute atomic E-state index is 0.202. The number of fused-ring (bicyclic) bond motifs is 2. The van der Waals surface area contributed by atoms with Gasteiger partial charge in [0, 0.05) is 23.9 Å². The zero-order valence-corrected chi connectivity index (χ0v) is 25.9. The lowest BCUT2D eigenvalue weighted by molar-refractivity contribution is -0.136. The van der Waals surface area contributed by atoms with E-state index in [0.29, 0.717) is 47.5 Å². The number of imide groups is 1. The van der Waals surface area contributed by atoms with Crippen LogP contribution in [0, 0.1) is 5.92 Å². The summed E-state index contributed by atoms with van der Waals surface area (Å²) in [4.78, 5) is 69.7. The van der Waals surface area contributed by atoms with E-state index in [1.54, 1.807) is 30.0 Å². The number of aromatic nitrogens is 1. The van der Waals surface area contributed by atoms with Gasteiger partial charge in [-0.25, -0.2) is 9.69 Å². The molecular formula is C29H25Cl2N3O7S2. The first kappa shape index (κ1) is 29.9. The van der Waals surface area contributed by atoms with E-state index in [1.807, 2.05) is 0 Å². The van der Waals surface area contributed by atoms with Gasteiger partial charge in [0.25, 0.3) is 0 Å². The highest BCUT2D eigenvalue weighted by atomic mass is 35.5. The lowest BCUT2D eigenvalue weighted by Gasteiger charge is -2.31. The minimum atomic E-state index is -0.900. The summed E-state index contributed by atoms with van der Waals surface area (Å²) in [6.45, 7) is 3.40. The van der Waals surface area contributed by atoms with Gasteiger partial charge in [-0.1, -0.05) is 58.4 Å². The van der Waals surface area contributed by atoms with E-state index in [9.17, 15) is 24.0 Å². The number of thioether (sulfide) groups is 1. The second-order valence-electron chi connectivity index (χ2n) is 10.1. The summed E-state index contributed by atoms with van der Waals surface area (Å²) >= 11 is 15.1. The maximum Gasteiger partial charge on any atom is 0.338 e. The van der Waals surface area contributed by atoms with Gasteiger partial charge in [0.15, 0.2) is 0 Å². The quantitative estimate of drug-likeness (QED) is 0.287. The number of morpholine rings is 1. The number of esters is 1. The highest BCUT2D eigenvalue weighted by molar-refractivity contribution is 8.00. The Morgan fingerprint density at radius 1 is 1.02 bits per heavy atom. The fourth-order valence-corrected chi connectivity index (χ4v) is 8.80. The molecule has 0 radical (unpaired) electrons. The number of ether oxygens (including phenoxy) is 2. The maximum absolute atomic E-state index is 14.1. The molecule has 0 bridgehead atoms. The molecule has 10 nitrogen and oxygen atoms in total. The van der Waals surface area contributed by atoms with E-state index in [-0.39, 0.29) is 39.5 Å². The zero-order chi connectivity index (χ0) is 30.4. The molecule has 224 valence electrons. The Labute approximate surface area is 264 Å². The molecule has 3 amide bonds. The van der Waals surface area contributed by atoms with Crippen LogP contribution in [0.1, 0.15) is 33.6 Å². The number of benzene rings is 2. The second kappa shape index (κ2) is 12.1. The van der Waals surface area contributed by atoms with Crippen molar-refractivity contribution in [2.45, 2.75) is 29.7 Å². The van der Waals surface area contributed by atoms with Crippen molar-refractivity contribution < 1.29 is 28.7 Å². The van der Waals surface area contributed by atoms with Gasteiger partial charge in [-0.15, -0.1) is 0 Å². The third-order valence-electron chi connectivity index (χ3n) is 7.66. The first-order valence-corrected chi connectivity index (χ1v) is 16.0. The Hall–Kier alpha value is -3.16. The smallest absolute Gasteiger partial charge is 0.338 e. The summed E-state index contributed by atoms with van der Waals surface area (Å²) in [6.07, 6.45) is 0. The van der Waals surface area contributed by atoms with Crippen molar-refractivity contribution in [3.05, 3.63) is 78.2 Å². The molecule has 14 heteroatoms. The van der Waals surface area contributed by atoms with Crippen LogP contribution in [0.3, 0.4) is 0 Å². The van der Waals surface area contributed by atoms with E-state index >= 15 is 0 Å². The van der Waals surface area contributed by atoms with Crippen LogP contribution in [-0.4, -0.2) is 71.3 Å². The molecule has 3 atom stereocenters. The van der Waals surface area contributed by atoms with Crippen molar-refractivity contribution in [1.29, 1.82) is 0 Å². The predicted octanol–water partition coefficient (Wildman–Crippen LogP) is 4.05. The number of nitrogens with zero attached hydrogens (tertiary/aromatic N) is 3. The molecule has 6 rings (SSSR count). The number of hydrogen-bond donors (Lipinski definition) is 0. The molecule has 3 aromatic rings. The predicted molar refractivity (Wildman–Crippen MR) is 162 cm³/mol. The third-order valence-corrected chi connectivity index (χ3v) is 11.1. The van der Waals surface area contributed by atoms with Crippen LogP contribution in [-0.2, 0) is 30.4 Å². The van der Waals surface area contributed by atoms with Gasteiger partial charge in [-0.3, -0.25) is 23.7 Å². The van der Waals surface area contributed by atoms with Gasteiger partial charge in [0.2, 0.25) is 17.7 Å². The number of halogens is 2. The first-order chi connectivity index (χ1) is 20.7. The summed E-state index contributed by atoms with van der Waals surface area (Å²) in [6, 6.07) is 11.1. The standard InChI is InChI=1S/C29H25Cl2N3O7S2/c1-2-41-28(38)15-6-8-16(9-7-15)34-25(36)21-20(17-4-3-5-18(30)22(17)31)24-27(42-23(21)26(34)37)33(29(39)43-24)14-19(35)32-10-12-40-13-11-32/h3-9,20-21,23H,2,10-14H2,1H3/t20-,21?,23?/m1/s1. The van der Waals surface area contributed by atoms with Crippen molar-refractivity contribution in [2.24, 2.45) is 5.92 Å². The molecular weight excluding hydrogens is 637 g/mol. The number of thiazole rings is 1. The highest BCUT2D eigenvalue weighted by Crippen LogP contribution is 2.55. The third kappa shape index (κ3) is 5.29. The molecule has 3 aliphatic heterocycles. The normalized spacial score (nSPS) is 21.5. The van der Waals surface area contributed by atoms with E-state index in [4.69, 9.17) is 32.7 Å². The average molecular weight is 663 g/mol. The molecule has 0 N–H and O–H groups in total. The van der Waals surface area contributed by atoms with Gasteiger partial charge < -0.3 is 14.4 Å². The monoisotopic (exact) mass is 661 g/mol. The molecule has 0 saturated carbocycles. The topological polar surface area (TPSA) is 115 Å². The van der Waals surface area contributed by atoms with Crippen molar-refractivity contribution >= 4 is 75.7 Å². The summed E-state index contributed by atoms with van der Waals surface area (Å²) in [5, 5.41) is 0.0519. The summed E-state index contributed by atoms with van der Waals surface area (Å²) in [5.41, 5.74) is 1.10. The Kier molecular flexibility index (Phi) is 8.40. The molecule has 2 saturated heterocycles. The summed E-state index contributed by atoms with van der Waals surface area (Å²) in [7, 11) is 0. The van der Waals surface area contributed by atoms with Gasteiger partial charge >= 0.3 is 10.8 Å². The molecule has 2 fully saturated rings. The van der Waals surface area contributed by atoms with Crippen molar-refractivity contribution in [1.82, 2.24) is 9.47 Å². The summed E-state index contributed by atoms with van der Waals surface area (Å²) < 4.78 is 11.8. The van der Waals surface area contributed by atoms with Gasteiger partial charge in [0.05, 0.1) is 52.1 Å². The SMILES string of the molecule is CCOC(=O)c1ccc(N2C(=O)C3Sc4c(sc(=O)n4CC(=O)N4CCOCC4)[C@H](c4cccc(Cl)c4Cl)C3C2=O)cc1. The number of anilines is 1. The fourth-order valence-electron chi connectivity index (χ4n) is 5.61. The molecule has 2 aromatic carbocycles. The van der Waals surface area contributed by atoms with E-state index in [1.165, 1.54) is 28.8 Å². The molecule has 2 unspecified atom stereocenters. The Morgan fingerprint density at radius 2 is 1.74 bits per heavy atom. The van der Waals surface area contributed by atoms with Crippen molar-refractivity contribution in [3.63, 3.8) is 0 Å². The molecule has 43 heavy (non-hydrogen) atoms. The maximum atomic E-state index is 14.1. The van der Waals surface area contributed by atoms with Gasteiger partial charge in [0.1, 0.15) is 11.8 Å². The summed E-state index contributed by atoms with van der Waals surface area (Å²) in [5.74, 6) is -3.33. The van der Waals surface area contributed by atoms with E-state index < -0.39 is 34.9 Å². The van der Waals surface area contributed by atoms with Gasteiger partial charge in [-0.2, -0.15) is 0 Å². The van der Waals surface area contributed by atoms with Crippen LogP contribution in [0.5, 0.6) is 0 Å². The lowest BCUT2D eigenvalue weighted by atomic mass is 9.83. The van der Waals surface area contributed by atoms with E-state index in [0.717, 1.165) is 28.0 Å². The number of rotatable bonds is 6. The van der Waals surface area contributed by atoms with Crippen LogP contribution in [0.15, 0.2) is 52.3 Å². The molecule has 1 aromatic heterocycles. The fraction of sp³-hybridized carbons (Fsp3) is 0.345. The van der Waals surface area contributed by atoms with Crippen molar-refractivity contribution in [2.75, 3.05) is 37.8 Å². The molecule has 3 aliphatic rings. The Bertz CT molecular complexity index is 1680. The number of carbonyl (C=O) groups excluding carboxylic acids is 4. The molecule has 0 aliphatic carbocycles. The Morgan fingerprint density at radius 3 is 2.44 bits per heavy atom. The van der Waals surface area contributed by atoms with Crippen LogP contribution in [0.2, 0.25) is 10.0 Å². The number of hydrogen-bond acceptors (Lipinski definition) is 9. The lowest BCUT2D eigenvalue weighted by Crippen LogP contribution is -2.43. The van der Waals surface area contributed by atoms with Crippen LogP contribution >= 0.6 is 46.3 Å². The number of amides is 3. The van der Waals surface area contributed by atoms with Gasteiger partial charge in [-0.05, 0) is 42.8 Å². The highest BCUT2D eigenvalue weighted by Gasteiger charge is 2.57. The van der Waals surface area contributed by atoms with Crippen LogP contribution in [0.4, 0.5) is 5.69 Å². The number of carbonyl (C=O) groups is 4. The Balaban J connectivity index is 1.41. The average Bonchev–Trinajstić information content (AvgIpc) is 3.45. The molecule has 4 heterocycles. The van der Waals surface area contributed by atoms with E-state index in [2.05, 4.69) is 0 Å². The van der Waals surface area contributed by atoms with Crippen molar-refractivity contribution in [3.8, 4) is 0 Å². The zero-order valence-electron chi connectivity index (χ0n) is 22.8. The minimum Gasteiger partial charge on any atom is -0.462 e. The van der Waals surface area contributed by atoms with Crippen LogP contribution in [0.25, 0.3) is 0 Å². The second-order valence-corrected chi connectivity index (χ2v) is 13.0. The largest absolute Gasteiger partial charge is 0.462 e. The first-order valence-electron chi connectivity index (χ1n) is 13.6. The van der Waals surface area contributed by atoms with Crippen LogP contribution < -0.4 is 9.77 Å².